The number of halogens is 3. The molecule has 0 unspecified atom stereocenters. The Morgan fingerprint density at radius 3 is 2.63 bits per heavy atom. The molecule has 0 spiro atoms. The summed E-state index contributed by atoms with van der Waals surface area (Å²) in [5, 5.41) is 3.27. The summed E-state index contributed by atoms with van der Waals surface area (Å²) in [5.74, 6) is -0.718. The second-order valence-corrected chi connectivity index (χ2v) is 4.80. The molecule has 0 heterocycles. The highest BCUT2D eigenvalue weighted by Crippen LogP contribution is 2.29. The van der Waals surface area contributed by atoms with E-state index in [1.54, 1.807) is 25.1 Å². The number of rotatable bonds is 2. The molecule has 1 amide bonds. The maximum Gasteiger partial charge on any atom is 0.255 e. The van der Waals surface area contributed by atoms with E-state index in [0.29, 0.717) is 21.8 Å². The summed E-state index contributed by atoms with van der Waals surface area (Å²) < 4.78 is 13.1. The van der Waals surface area contributed by atoms with Crippen molar-refractivity contribution in [2.24, 2.45) is 0 Å². The van der Waals surface area contributed by atoms with Crippen molar-refractivity contribution >= 4 is 34.8 Å². The van der Waals surface area contributed by atoms with Gasteiger partial charge in [0.15, 0.2) is 0 Å². The Labute approximate surface area is 120 Å². The van der Waals surface area contributed by atoms with Gasteiger partial charge in [0.2, 0.25) is 0 Å². The number of nitrogens with one attached hydrogen (secondary N) is 1. The van der Waals surface area contributed by atoms with Crippen molar-refractivity contribution in [3.63, 3.8) is 0 Å². The number of hydrogen-bond acceptors (Lipinski definition) is 1. The third-order valence-corrected chi connectivity index (χ3v) is 3.44. The minimum Gasteiger partial charge on any atom is -0.321 e. The van der Waals surface area contributed by atoms with E-state index in [4.69, 9.17) is 23.2 Å². The minimum absolute atomic E-state index is 0.274. The quantitative estimate of drug-likeness (QED) is 0.856. The van der Waals surface area contributed by atoms with Crippen molar-refractivity contribution < 1.29 is 9.18 Å². The van der Waals surface area contributed by atoms with E-state index in [-0.39, 0.29) is 16.7 Å². The van der Waals surface area contributed by atoms with Gasteiger partial charge < -0.3 is 5.32 Å². The standard InChI is InChI=1S/C14H10Cl2FNO/c1-8-7-9(5-6-11(8)17)14(19)18-12-4-2-3-10(15)13(12)16/h2-7H,1H3,(H,18,19). The molecule has 0 radical (unpaired) electrons. The fraction of sp³-hybridized carbons (Fsp3) is 0.0714. The first-order valence-corrected chi connectivity index (χ1v) is 6.26. The fourth-order valence-corrected chi connectivity index (χ4v) is 1.93. The summed E-state index contributed by atoms with van der Waals surface area (Å²) in [7, 11) is 0. The highest BCUT2D eigenvalue weighted by molar-refractivity contribution is 6.44. The van der Waals surface area contributed by atoms with Gasteiger partial charge in [-0.25, -0.2) is 4.39 Å². The Balaban J connectivity index is 2.26. The Morgan fingerprint density at radius 2 is 1.95 bits per heavy atom. The van der Waals surface area contributed by atoms with Gasteiger partial charge in [-0.05, 0) is 42.8 Å². The van der Waals surface area contributed by atoms with E-state index in [9.17, 15) is 9.18 Å². The van der Waals surface area contributed by atoms with Crippen LogP contribution < -0.4 is 5.32 Å². The smallest absolute Gasteiger partial charge is 0.255 e. The molecular weight excluding hydrogens is 288 g/mol. The van der Waals surface area contributed by atoms with Crippen LogP contribution in [0.5, 0.6) is 0 Å². The first kappa shape index (κ1) is 13.8. The average molecular weight is 298 g/mol. The number of benzene rings is 2. The molecule has 2 aromatic rings. The molecule has 0 saturated carbocycles. The van der Waals surface area contributed by atoms with Crippen molar-refractivity contribution in [1.29, 1.82) is 0 Å². The van der Waals surface area contributed by atoms with Gasteiger partial charge in [0.1, 0.15) is 5.82 Å². The lowest BCUT2D eigenvalue weighted by Gasteiger charge is -2.08. The number of amides is 1. The zero-order valence-electron chi connectivity index (χ0n) is 10.0. The maximum absolute atomic E-state index is 13.1. The Hall–Kier alpha value is -1.58. The first-order valence-electron chi connectivity index (χ1n) is 5.50. The predicted octanol–water partition coefficient (Wildman–Crippen LogP) is 4.69. The molecule has 0 aliphatic carbocycles. The highest BCUT2D eigenvalue weighted by atomic mass is 35.5. The van der Waals surface area contributed by atoms with Crippen molar-refractivity contribution in [2.45, 2.75) is 6.92 Å². The number of carbonyl (C=O) groups excluding carboxylic acids is 1. The summed E-state index contributed by atoms with van der Waals surface area (Å²) in [6.45, 7) is 1.60. The van der Waals surface area contributed by atoms with Gasteiger partial charge in [-0.15, -0.1) is 0 Å². The Kier molecular flexibility index (Phi) is 4.08. The summed E-state index contributed by atoms with van der Waals surface area (Å²) in [6, 6.07) is 9.09. The van der Waals surface area contributed by atoms with Gasteiger partial charge in [-0.1, -0.05) is 29.3 Å². The number of anilines is 1. The van der Waals surface area contributed by atoms with Gasteiger partial charge in [-0.3, -0.25) is 4.79 Å². The molecule has 98 valence electrons. The molecule has 1 N–H and O–H groups in total. The molecule has 0 aliphatic heterocycles. The molecule has 0 aliphatic rings. The molecule has 0 atom stereocenters. The van der Waals surface area contributed by atoms with E-state index in [1.165, 1.54) is 18.2 Å². The number of hydrogen-bond donors (Lipinski definition) is 1. The van der Waals surface area contributed by atoms with Crippen LogP contribution in [0.4, 0.5) is 10.1 Å². The average Bonchev–Trinajstić information content (AvgIpc) is 2.38. The SMILES string of the molecule is Cc1cc(C(=O)Nc2cccc(Cl)c2Cl)ccc1F. The molecule has 0 bridgehead atoms. The van der Waals surface area contributed by atoms with E-state index in [0.717, 1.165) is 0 Å². The molecule has 19 heavy (non-hydrogen) atoms. The second-order valence-electron chi connectivity index (χ2n) is 4.02. The highest BCUT2D eigenvalue weighted by Gasteiger charge is 2.11. The zero-order valence-corrected chi connectivity index (χ0v) is 11.5. The fourth-order valence-electron chi connectivity index (χ4n) is 1.58. The van der Waals surface area contributed by atoms with Crippen LogP contribution in [0.15, 0.2) is 36.4 Å². The first-order chi connectivity index (χ1) is 8.99. The van der Waals surface area contributed by atoms with Gasteiger partial charge in [0, 0.05) is 5.56 Å². The van der Waals surface area contributed by atoms with Crippen LogP contribution in [0.25, 0.3) is 0 Å². The molecule has 2 rings (SSSR count). The van der Waals surface area contributed by atoms with Gasteiger partial charge in [0.25, 0.3) is 5.91 Å². The van der Waals surface area contributed by atoms with E-state index in [1.807, 2.05) is 0 Å². The lowest BCUT2D eigenvalue weighted by molar-refractivity contribution is 0.102. The lowest BCUT2D eigenvalue weighted by atomic mass is 10.1. The number of carbonyl (C=O) groups is 1. The summed E-state index contributed by atoms with van der Waals surface area (Å²) in [4.78, 5) is 12.0. The number of aryl methyl sites for hydroxylation is 1. The summed E-state index contributed by atoms with van der Waals surface area (Å²) in [5.41, 5.74) is 1.18. The Morgan fingerprint density at radius 1 is 1.21 bits per heavy atom. The van der Waals surface area contributed by atoms with Crippen LogP contribution >= 0.6 is 23.2 Å². The monoisotopic (exact) mass is 297 g/mol. The lowest BCUT2D eigenvalue weighted by Crippen LogP contribution is -2.12. The third-order valence-electron chi connectivity index (χ3n) is 2.62. The zero-order chi connectivity index (χ0) is 14.0. The topological polar surface area (TPSA) is 29.1 Å². The van der Waals surface area contributed by atoms with Gasteiger partial charge in [-0.2, -0.15) is 0 Å². The van der Waals surface area contributed by atoms with Crippen LogP contribution in [0.1, 0.15) is 15.9 Å². The molecular formula is C14H10Cl2FNO. The van der Waals surface area contributed by atoms with E-state index < -0.39 is 0 Å². The van der Waals surface area contributed by atoms with E-state index >= 15 is 0 Å². The minimum atomic E-state index is -0.368. The van der Waals surface area contributed by atoms with Crippen molar-refractivity contribution in [3.05, 3.63) is 63.4 Å². The normalized spacial score (nSPS) is 10.3. The van der Waals surface area contributed by atoms with Crippen LogP contribution in [-0.2, 0) is 0 Å². The van der Waals surface area contributed by atoms with Gasteiger partial charge >= 0.3 is 0 Å². The Bertz CT molecular complexity index is 643. The van der Waals surface area contributed by atoms with Crippen molar-refractivity contribution in [2.75, 3.05) is 5.32 Å². The summed E-state index contributed by atoms with van der Waals surface area (Å²) in [6.07, 6.45) is 0. The molecule has 0 fully saturated rings. The largest absolute Gasteiger partial charge is 0.321 e. The van der Waals surface area contributed by atoms with Gasteiger partial charge in [0.05, 0.1) is 15.7 Å². The second kappa shape index (κ2) is 5.59. The molecule has 5 heteroatoms. The van der Waals surface area contributed by atoms with Crippen molar-refractivity contribution in [3.8, 4) is 0 Å². The van der Waals surface area contributed by atoms with Crippen LogP contribution in [0, 0.1) is 12.7 Å². The molecule has 2 nitrogen and oxygen atoms in total. The van der Waals surface area contributed by atoms with Crippen LogP contribution in [0.3, 0.4) is 0 Å². The van der Waals surface area contributed by atoms with Crippen LogP contribution in [0.2, 0.25) is 10.0 Å². The third kappa shape index (κ3) is 3.06. The van der Waals surface area contributed by atoms with E-state index in [2.05, 4.69) is 5.32 Å². The maximum atomic E-state index is 13.1. The predicted molar refractivity (Wildman–Crippen MR) is 75.6 cm³/mol. The molecule has 2 aromatic carbocycles. The summed E-state index contributed by atoms with van der Waals surface area (Å²) >= 11 is 11.8. The molecule has 0 aromatic heterocycles. The molecule has 0 saturated heterocycles. The van der Waals surface area contributed by atoms with Crippen molar-refractivity contribution in [1.82, 2.24) is 0 Å². The van der Waals surface area contributed by atoms with Crippen LogP contribution in [-0.4, -0.2) is 5.91 Å².